The van der Waals surface area contributed by atoms with Crippen molar-refractivity contribution in [2.45, 2.75) is 12.8 Å². The summed E-state index contributed by atoms with van der Waals surface area (Å²) in [5.41, 5.74) is 2.08. The van der Waals surface area contributed by atoms with E-state index in [0.29, 0.717) is 5.88 Å². The molecule has 0 fully saturated rings. The maximum Gasteiger partial charge on any atom is 0.239 e. The molecule has 5 heteroatoms. The Morgan fingerprint density at radius 2 is 2.17 bits per heavy atom. The fourth-order valence-corrected chi connectivity index (χ4v) is 2.20. The number of nitrogens with one attached hydrogen (secondary N) is 1. The van der Waals surface area contributed by atoms with E-state index in [-0.39, 0.29) is 0 Å². The molecular formula is C13H23N3OS. The zero-order valence-corrected chi connectivity index (χ0v) is 12.5. The smallest absolute Gasteiger partial charge is 0.239 e. The Balaban J connectivity index is 2.66. The molecule has 0 unspecified atom stereocenters. The van der Waals surface area contributed by atoms with E-state index in [1.807, 2.05) is 31.9 Å². The van der Waals surface area contributed by atoms with Gasteiger partial charge in [-0.15, -0.1) is 0 Å². The van der Waals surface area contributed by atoms with Crippen molar-refractivity contribution >= 4 is 23.1 Å². The monoisotopic (exact) mass is 269 g/mol. The first-order valence-corrected chi connectivity index (χ1v) is 7.53. The van der Waals surface area contributed by atoms with Gasteiger partial charge >= 0.3 is 0 Å². The second kappa shape index (κ2) is 8.08. The molecular weight excluding hydrogens is 246 g/mol. The van der Waals surface area contributed by atoms with E-state index in [1.165, 1.54) is 12.2 Å². The van der Waals surface area contributed by atoms with Crippen molar-refractivity contribution in [1.29, 1.82) is 0 Å². The average Bonchev–Trinajstić information content (AvgIpc) is 2.38. The molecule has 0 aliphatic heterocycles. The van der Waals surface area contributed by atoms with Crippen LogP contribution in [0.1, 0.15) is 12.8 Å². The normalized spacial score (nSPS) is 10.2. The van der Waals surface area contributed by atoms with E-state index in [9.17, 15) is 0 Å². The molecule has 18 heavy (non-hydrogen) atoms. The molecule has 0 radical (unpaired) electrons. The van der Waals surface area contributed by atoms with E-state index in [4.69, 9.17) is 4.74 Å². The summed E-state index contributed by atoms with van der Waals surface area (Å²) >= 11 is 1.89. The third kappa shape index (κ3) is 4.29. The highest BCUT2D eigenvalue weighted by atomic mass is 32.2. The zero-order chi connectivity index (χ0) is 13.4. The topological polar surface area (TPSA) is 37.4 Å². The summed E-state index contributed by atoms with van der Waals surface area (Å²) in [6, 6.07) is 1.99. The number of hydrogen-bond acceptors (Lipinski definition) is 5. The van der Waals surface area contributed by atoms with Gasteiger partial charge in [0.05, 0.1) is 12.8 Å². The number of unbranched alkanes of at least 4 members (excludes halogenated alkanes) is 1. The van der Waals surface area contributed by atoms with Crippen molar-refractivity contribution < 1.29 is 4.74 Å². The van der Waals surface area contributed by atoms with Crippen molar-refractivity contribution in [3.63, 3.8) is 0 Å². The fourth-order valence-electron chi connectivity index (χ4n) is 1.71. The molecule has 4 nitrogen and oxygen atoms in total. The molecule has 0 aliphatic rings. The van der Waals surface area contributed by atoms with Gasteiger partial charge in [0.1, 0.15) is 5.69 Å². The van der Waals surface area contributed by atoms with E-state index >= 15 is 0 Å². The van der Waals surface area contributed by atoms with Crippen LogP contribution in [-0.4, -0.2) is 44.7 Å². The molecule has 0 atom stereocenters. The second-order valence-corrected chi connectivity index (χ2v) is 5.22. The average molecular weight is 269 g/mol. The molecule has 0 aromatic carbocycles. The van der Waals surface area contributed by atoms with Gasteiger partial charge in [0.2, 0.25) is 5.88 Å². The second-order valence-electron chi connectivity index (χ2n) is 4.24. The molecule has 1 rings (SSSR count). The summed E-state index contributed by atoms with van der Waals surface area (Å²) in [7, 11) is 5.70. The molecule has 1 heterocycles. The summed E-state index contributed by atoms with van der Waals surface area (Å²) in [4.78, 5) is 6.30. The number of rotatable bonds is 8. The van der Waals surface area contributed by atoms with Crippen molar-refractivity contribution in [2.75, 3.05) is 50.0 Å². The highest BCUT2D eigenvalue weighted by Crippen LogP contribution is 2.31. The van der Waals surface area contributed by atoms with Crippen LogP contribution in [-0.2, 0) is 0 Å². The van der Waals surface area contributed by atoms with Gasteiger partial charge in [0.25, 0.3) is 0 Å². The number of methoxy groups -OCH3 is 1. The van der Waals surface area contributed by atoms with E-state index < -0.39 is 0 Å². The molecule has 0 bridgehead atoms. The van der Waals surface area contributed by atoms with Crippen LogP contribution < -0.4 is 15.0 Å². The zero-order valence-electron chi connectivity index (χ0n) is 11.7. The summed E-state index contributed by atoms with van der Waals surface area (Å²) in [5.74, 6) is 1.87. The molecule has 0 saturated heterocycles. The summed E-state index contributed by atoms with van der Waals surface area (Å²) in [5, 5.41) is 3.43. The van der Waals surface area contributed by atoms with Crippen molar-refractivity contribution in [1.82, 2.24) is 4.98 Å². The first kappa shape index (κ1) is 15.0. The van der Waals surface area contributed by atoms with Crippen molar-refractivity contribution in [3.05, 3.63) is 12.3 Å². The Morgan fingerprint density at radius 1 is 1.39 bits per heavy atom. The van der Waals surface area contributed by atoms with Gasteiger partial charge in [-0.05, 0) is 30.9 Å². The molecule has 0 spiro atoms. The molecule has 1 aromatic heterocycles. The number of hydrogen-bond donors (Lipinski definition) is 1. The molecule has 0 aliphatic carbocycles. The first-order chi connectivity index (χ1) is 8.70. The highest BCUT2D eigenvalue weighted by molar-refractivity contribution is 7.98. The Bertz CT molecular complexity index is 358. The van der Waals surface area contributed by atoms with Crippen LogP contribution in [0.15, 0.2) is 12.3 Å². The minimum Gasteiger partial charge on any atom is -0.479 e. The molecule has 102 valence electrons. The van der Waals surface area contributed by atoms with E-state index in [1.54, 1.807) is 13.3 Å². The minimum absolute atomic E-state index is 0.658. The van der Waals surface area contributed by atoms with Gasteiger partial charge in [0.15, 0.2) is 0 Å². The van der Waals surface area contributed by atoms with Crippen LogP contribution in [0.3, 0.4) is 0 Å². The van der Waals surface area contributed by atoms with Gasteiger partial charge in [-0.1, -0.05) is 0 Å². The van der Waals surface area contributed by atoms with Crippen LogP contribution >= 0.6 is 11.8 Å². The third-order valence-corrected chi connectivity index (χ3v) is 3.34. The lowest BCUT2D eigenvalue weighted by Gasteiger charge is -2.19. The number of nitrogens with zero attached hydrogens (tertiary/aromatic N) is 2. The number of pyridine rings is 1. The van der Waals surface area contributed by atoms with Crippen LogP contribution in [0.4, 0.5) is 11.4 Å². The molecule has 1 N–H and O–H groups in total. The third-order valence-electron chi connectivity index (χ3n) is 2.65. The molecule has 1 aromatic rings. The fraction of sp³-hybridized carbons (Fsp3) is 0.615. The predicted octanol–water partition coefficient (Wildman–Crippen LogP) is 2.71. The Morgan fingerprint density at radius 3 is 2.78 bits per heavy atom. The van der Waals surface area contributed by atoms with E-state index in [2.05, 4.69) is 21.5 Å². The van der Waals surface area contributed by atoms with Crippen LogP contribution in [0.5, 0.6) is 5.88 Å². The molecule has 0 saturated carbocycles. The van der Waals surface area contributed by atoms with Crippen LogP contribution in [0.2, 0.25) is 0 Å². The molecule has 0 amide bonds. The van der Waals surface area contributed by atoms with Gasteiger partial charge in [0, 0.05) is 26.8 Å². The Kier molecular flexibility index (Phi) is 6.72. The first-order valence-electron chi connectivity index (χ1n) is 6.13. The number of ether oxygens (including phenoxy) is 1. The van der Waals surface area contributed by atoms with Gasteiger partial charge in [-0.25, -0.2) is 4.98 Å². The van der Waals surface area contributed by atoms with E-state index in [0.717, 1.165) is 24.3 Å². The highest BCUT2D eigenvalue weighted by Gasteiger charge is 2.11. The lowest BCUT2D eigenvalue weighted by atomic mass is 10.3. The standard InChI is InChI=1S/C13H23N3OS/c1-16(2)11-7-9-15-13(17-3)12(11)14-8-5-6-10-18-4/h7,9,14H,5-6,8,10H2,1-4H3. The SMILES string of the molecule is COc1nccc(N(C)C)c1NCCCCSC. The lowest BCUT2D eigenvalue weighted by molar-refractivity contribution is 0.400. The Labute approximate surface area is 114 Å². The van der Waals surface area contributed by atoms with Crippen molar-refractivity contribution in [3.8, 4) is 5.88 Å². The largest absolute Gasteiger partial charge is 0.479 e. The van der Waals surface area contributed by atoms with Gasteiger partial charge in [-0.2, -0.15) is 11.8 Å². The maximum absolute atomic E-state index is 5.31. The van der Waals surface area contributed by atoms with Gasteiger partial charge < -0.3 is 15.0 Å². The summed E-state index contributed by atoms with van der Waals surface area (Å²) < 4.78 is 5.31. The summed E-state index contributed by atoms with van der Waals surface area (Å²) in [6.07, 6.45) is 6.30. The number of anilines is 2. The van der Waals surface area contributed by atoms with Crippen LogP contribution in [0.25, 0.3) is 0 Å². The summed E-state index contributed by atoms with van der Waals surface area (Å²) in [6.45, 7) is 0.948. The maximum atomic E-state index is 5.31. The van der Waals surface area contributed by atoms with Crippen LogP contribution in [0, 0.1) is 0 Å². The number of aromatic nitrogens is 1. The number of thioether (sulfide) groups is 1. The minimum atomic E-state index is 0.658. The van der Waals surface area contributed by atoms with Gasteiger partial charge in [-0.3, -0.25) is 0 Å². The predicted molar refractivity (Wildman–Crippen MR) is 81.2 cm³/mol. The Hall–Kier alpha value is -1.10. The lowest BCUT2D eigenvalue weighted by Crippen LogP contribution is -2.14. The quantitative estimate of drug-likeness (QED) is 0.734. The van der Waals surface area contributed by atoms with Crippen molar-refractivity contribution in [2.24, 2.45) is 0 Å².